The van der Waals surface area contributed by atoms with Gasteiger partial charge in [-0.1, -0.05) is 0 Å². The molecule has 0 unspecified atom stereocenters. The molecule has 0 N–H and O–H groups in total. The van der Waals surface area contributed by atoms with Gasteiger partial charge in [0.15, 0.2) is 0 Å². The highest BCUT2D eigenvalue weighted by Gasteiger charge is 2.24. The summed E-state index contributed by atoms with van der Waals surface area (Å²) in [7, 11) is 0. The maximum Gasteiger partial charge on any atom is 0.218 e. The van der Waals surface area contributed by atoms with Crippen molar-refractivity contribution >= 4 is 0 Å². The quantitative estimate of drug-likeness (QED) is 0.778. The third kappa shape index (κ3) is 2.86. The zero-order valence-corrected chi connectivity index (χ0v) is 9.43. The molecule has 0 spiro atoms. The number of rotatable bonds is 4. The molecule has 16 heavy (non-hydrogen) atoms. The van der Waals surface area contributed by atoms with Gasteiger partial charge >= 0.3 is 0 Å². The number of aromatic nitrogens is 1. The molecule has 1 aliphatic carbocycles. The van der Waals surface area contributed by atoms with Crippen LogP contribution in [0.4, 0.5) is 0 Å². The van der Waals surface area contributed by atoms with E-state index in [1.165, 1.54) is 0 Å². The first-order valence-electron chi connectivity index (χ1n) is 5.43. The Morgan fingerprint density at radius 3 is 2.75 bits per heavy atom. The number of nitriles is 1. The van der Waals surface area contributed by atoms with Crippen molar-refractivity contribution in [2.24, 2.45) is 0 Å². The van der Waals surface area contributed by atoms with Crippen molar-refractivity contribution < 1.29 is 9.47 Å². The van der Waals surface area contributed by atoms with Crippen LogP contribution in [-0.2, 0) is 0 Å². The highest BCUT2D eigenvalue weighted by molar-refractivity contribution is 5.36. The molecule has 1 aromatic rings. The molecule has 4 heteroatoms. The minimum absolute atomic E-state index is 0.0372. The summed E-state index contributed by atoms with van der Waals surface area (Å²) >= 11 is 0. The maximum absolute atomic E-state index is 8.85. The molecule has 1 fully saturated rings. The van der Waals surface area contributed by atoms with Gasteiger partial charge < -0.3 is 9.47 Å². The van der Waals surface area contributed by atoms with Crippen LogP contribution in [0.1, 0.15) is 32.4 Å². The molecular weight excluding hydrogens is 204 g/mol. The van der Waals surface area contributed by atoms with Gasteiger partial charge in [-0.3, -0.25) is 0 Å². The molecular formula is C12H14N2O2. The summed E-state index contributed by atoms with van der Waals surface area (Å²) < 4.78 is 11.1. The van der Waals surface area contributed by atoms with Crippen LogP contribution in [0, 0.1) is 11.3 Å². The second-order valence-electron chi connectivity index (χ2n) is 4.12. The minimum Gasteiger partial charge on any atom is -0.490 e. The number of nitrogens with zero attached hydrogens (tertiary/aromatic N) is 2. The maximum atomic E-state index is 8.85. The van der Waals surface area contributed by atoms with E-state index >= 15 is 0 Å². The van der Waals surface area contributed by atoms with Crippen LogP contribution in [0.15, 0.2) is 12.1 Å². The zero-order chi connectivity index (χ0) is 11.5. The molecule has 1 aliphatic rings. The zero-order valence-electron chi connectivity index (χ0n) is 9.43. The highest BCUT2D eigenvalue weighted by Crippen LogP contribution is 2.28. The fraction of sp³-hybridized carbons (Fsp3) is 0.500. The van der Waals surface area contributed by atoms with Gasteiger partial charge in [0.25, 0.3) is 0 Å². The standard InChI is InChI=1S/C12H14N2O2/c1-8(2)15-12-6-11(16-10-3-4-10)5-9(7-13)14-12/h5-6,8,10H,3-4H2,1-2H3. The summed E-state index contributed by atoms with van der Waals surface area (Å²) in [4.78, 5) is 4.06. The van der Waals surface area contributed by atoms with Crippen LogP contribution < -0.4 is 9.47 Å². The normalized spacial score (nSPS) is 14.6. The first-order valence-corrected chi connectivity index (χ1v) is 5.43. The van der Waals surface area contributed by atoms with E-state index < -0.39 is 0 Å². The predicted octanol–water partition coefficient (Wildman–Crippen LogP) is 2.28. The molecule has 84 valence electrons. The molecule has 0 aliphatic heterocycles. The second kappa shape index (κ2) is 4.40. The van der Waals surface area contributed by atoms with Crippen molar-refractivity contribution in [3.8, 4) is 17.7 Å². The van der Waals surface area contributed by atoms with Crippen molar-refractivity contribution in [2.45, 2.75) is 38.9 Å². The number of pyridine rings is 1. The second-order valence-corrected chi connectivity index (χ2v) is 4.12. The Kier molecular flexibility index (Phi) is 2.95. The topological polar surface area (TPSA) is 55.1 Å². The summed E-state index contributed by atoms with van der Waals surface area (Å²) in [5.41, 5.74) is 0.328. The molecule has 4 nitrogen and oxygen atoms in total. The smallest absolute Gasteiger partial charge is 0.218 e. The lowest BCUT2D eigenvalue weighted by atomic mass is 10.3. The van der Waals surface area contributed by atoms with E-state index in [4.69, 9.17) is 14.7 Å². The van der Waals surface area contributed by atoms with Gasteiger partial charge in [-0.15, -0.1) is 0 Å². The fourth-order valence-electron chi connectivity index (χ4n) is 1.29. The van der Waals surface area contributed by atoms with E-state index in [2.05, 4.69) is 4.98 Å². The minimum atomic E-state index is 0.0372. The summed E-state index contributed by atoms with van der Waals surface area (Å²) in [6, 6.07) is 5.38. The van der Waals surface area contributed by atoms with E-state index in [-0.39, 0.29) is 6.10 Å². The number of ether oxygens (including phenoxy) is 2. The molecule has 0 bridgehead atoms. The molecule has 0 amide bonds. The lowest BCUT2D eigenvalue weighted by Gasteiger charge is -2.10. The molecule has 1 saturated carbocycles. The van der Waals surface area contributed by atoms with Crippen molar-refractivity contribution in [1.29, 1.82) is 5.26 Å². The van der Waals surface area contributed by atoms with Crippen molar-refractivity contribution in [2.75, 3.05) is 0 Å². The van der Waals surface area contributed by atoms with Crippen LogP contribution in [0.3, 0.4) is 0 Å². The Morgan fingerprint density at radius 1 is 1.44 bits per heavy atom. The molecule has 0 saturated heterocycles. The number of hydrogen-bond acceptors (Lipinski definition) is 4. The molecule has 1 heterocycles. The Bertz CT molecular complexity index is 397. The first kappa shape index (κ1) is 10.7. The van der Waals surface area contributed by atoms with Gasteiger partial charge in [0.1, 0.15) is 17.5 Å². The number of hydrogen-bond donors (Lipinski definition) is 0. The van der Waals surface area contributed by atoms with E-state index in [0.29, 0.717) is 23.4 Å². The van der Waals surface area contributed by atoms with E-state index in [0.717, 1.165) is 12.8 Å². The van der Waals surface area contributed by atoms with Gasteiger partial charge in [0.2, 0.25) is 5.88 Å². The summed E-state index contributed by atoms with van der Waals surface area (Å²) in [5.74, 6) is 1.12. The molecule has 0 atom stereocenters. The SMILES string of the molecule is CC(C)Oc1cc(OC2CC2)cc(C#N)n1. The average Bonchev–Trinajstić information content (AvgIpc) is 3.00. The Hall–Kier alpha value is -1.76. The third-order valence-corrected chi connectivity index (χ3v) is 2.07. The van der Waals surface area contributed by atoms with Crippen molar-refractivity contribution in [3.05, 3.63) is 17.8 Å². The Morgan fingerprint density at radius 2 is 2.19 bits per heavy atom. The Balaban J connectivity index is 2.19. The van der Waals surface area contributed by atoms with Crippen molar-refractivity contribution in [1.82, 2.24) is 4.98 Å². The molecule has 0 aromatic carbocycles. The average molecular weight is 218 g/mol. The van der Waals surface area contributed by atoms with Gasteiger partial charge in [-0.2, -0.15) is 5.26 Å². The molecule has 2 rings (SSSR count). The predicted molar refractivity (Wildman–Crippen MR) is 58.4 cm³/mol. The van der Waals surface area contributed by atoms with Gasteiger partial charge in [-0.05, 0) is 26.7 Å². The van der Waals surface area contributed by atoms with Gasteiger partial charge in [0.05, 0.1) is 12.2 Å². The molecule has 1 aromatic heterocycles. The Labute approximate surface area is 94.8 Å². The van der Waals surface area contributed by atoms with E-state index in [1.807, 2.05) is 19.9 Å². The van der Waals surface area contributed by atoms with Crippen LogP contribution >= 0.6 is 0 Å². The summed E-state index contributed by atoms with van der Waals surface area (Å²) in [5, 5.41) is 8.85. The van der Waals surface area contributed by atoms with Crippen molar-refractivity contribution in [3.63, 3.8) is 0 Å². The van der Waals surface area contributed by atoms with Gasteiger partial charge in [-0.25, -0.2) is 4.98 Å². The van der Waals surface area contributed by atoms with E-state index in [1.54, 1.807) is 12.1 Å². The lowest BCUT2D eigenvalue weighted by Crippen LogP contribution is -2.08. The summed E-state index contributed by atoms with van der Waals surface area (Å²) in [6.07, 6.45) is 2.52. The van der Waals surface area contributed by atoms with Gasteiger partial charge in [0, 0.05) is 12.1 Å². The summed E-state index contributed by atoms with van der Waals surface area (Å²) in [6.45, 7) is 3.84. The molecule has 0 radical (unpaired) electrons. The highest BCUT2D eigenvalue weighted by atomic mass is 16.5. The van der Waals surface area contributed by atoms with Crippen LogP contribution in [0.25, 0.3) is 0 Å². The largest absolute Gasteiger partial charge is 0.490 e. The monoisotopic (exact) mass is 218 g/mol. The third-order valence-electron chi connectivity index (χ3n) is 2.07. The van der Waals surface area contributed by atoms with E-state index in [9.17, 15) is 0 Å². The lowest BCUT2D eigenvalue weighted by molar-refractivity contribution is 0.229. The van der Waals surface area contributed by atoms with Crippen LogP contribution in [0.2, 0.25) is 0 Å². The van der Waals surface area contributed by atoms with Crippen LogP contribution in [-0.4, -0.2) is 17.2 Å². The fourth-order valence-corrected chi connectivity index (χ4v) is 1.29. The first-order chi connectivity index (χ1) is 7.67. The van der Waals surface area contributed by atoms with Crippen LogP contribution in [0.5, 0.6) is 11.6 Å².